The van der Waals surface area contributed by atoms with Crippen LogP contribution in [0.1, 0.15) is 10.9 Å². The summed E-state index contributed by atoms with van der Waals surface area (Å²) in [4.78, 5) is 25.6. The molecule has 0 saturated carbocycles. The van der Waals surface area contributed by atoms with E-state index in [1.165, 1.54) is 6.07 Å². The third-order valence-corrected chi connectivity index (χ3v) is 2.36. The van der Waals surface area contributed by atoms with Crippen LogP contribution in [-0.4, -0.2) is 18.9 Å². The summed E-state index contributed by atoms with van der Waals surface area (Å²) < 4.78 is 4.28. The number of nitrogens with zero attached hydrogens (tertiary/aromatic N) is 1. The first-order valence-electron chi connectivity index (χ1n) is 4.33. The van der Waals surface area contributed by atoms with Crippen molar-refractivity contribution in [2.45, 2.75) is 5.38 Å². The number of hydrogen-bond donors (Lipinski definition) is 0. The van der Waals surface area contributed by atoms with Gasteiger partial charge in [-0.25, -0.2) is 9.64 Å². The number of carbonyl (C=O) groups excluding carboxylic acids is 2. The third-order valence-electron chi connectivity index (χ3n) is 1.91. The number of rotatable bonds is 3. The minimum atomic E-state index is -1.12. The van der Waals surface area contributed by atoms with Crippen LogP contribution >= 0.6 is 11.6 Å². The van der Waals surface area contributed by atoms with Crippen LogP contribution in [0.25, 0.3) is 4.85 Å². The van der Waals surface area contributed by atoms with Gasteiger partial charge in [0.2, 0.25) is 0 Å². The summed E-state index contributed by atoms with van der Waals surface area (Å²) in [6, 6.07) is 6.23. The van der Waals surface area contributed by atoms with E-state index in [2.05, 4.69) is 9.58 Å². The average Bonchev–Trinajstić information content (AvgIpc) is 2.36. The summed E-state index contributed by atoms with van der Waals surface area (Å²) in [6.45, 7) is 6.81. The molecule has 0 radical (unpaired) electrons. The van der Waals surface area contributed by atoms with Gasteiger partial charge in [-0.05, 0) is 5.56 Å². The molecule has 1 rings (SSSR count). The number of methoxy groups -OCH3 is 1. The van der Waals surface area contributed by atoms with Crippen LogP contribution in [0, 0.1) is 6.57 Å². The van der Waals surface area contributed by atoms with E-state index in [0.717, 1.165) is 7.11 Å². The smallest absolute Gasteiger partial charge is 0.376 e. The molecule has 1 aromatic carbocycles. The van der Waals surface area contributed by atoms with Crippen LogP contribution in [0.4, 0.5) is 5.69 Å². The zero-order chi connectivity index (χ0) is 12.1. The Hall–Kier alpha value is -1.86. The highest BCUT2D eigenvalue weighted by molar-refractivity contribution is 6.47. The predicted octanol–water partition coefficient (Wildman–Crippen LogP) is 2.26. The number of alkyl halides is 1. The standard InChI is InChI=1S/C11H8ClNO3/c1-13-8-5-3-4-7(6-8)9(12)10(14)11(15)16-2/h3-6,9H,2H3. The highest BCUT2D eigenvalue weighted by Gasteiger charge is 2.25. The summed E-state index contributed by atoms with van der Waals surface area (Å²) in [5, 5.41) is -1.12. The van der Waals surface area contributed by atoms with Gasteiger partial charge in [0.1, 0.15) is 5.38 Å². The third kappa shape index (κ3) is 2.59. The summed E-state index contributed by atoms with van der Waals surface area (Å²) >= 11 is 5.81. The lowest BCUT2D eigenvalue weighted by molar-refractivity contribution is -0.151. The molecule has 0 aliphatic carbocycles. The molecule has 0 aliphatic heterocycles. The summed E-state index contributed by atoms with van der Waals surface area (Å²) in [6.07, 6.45) is 0. The topological polar surface area (TPSA) is 47.7 Å². The molecule has 5 heteroatoms. The molecule has 4 nitrogen and oxygen atoms in total. The average molecular weight is 238 g/mol. The first kappa shape index (κ1) is 12.2. The largest absolute Gasteiger partial charge is 0.463 e. The Morgan fingerprint density at radius 1 is 1.50 bits per heavy atom. The summed E-state index contributed by atoms with van der Waals surface area (Å²) in [5.41, 5.74) is 0.770. The number of benzene rings is 1. The van der Waals surface area contributed by atoms with E-state index >= 15 is 0 Å². The van der Waals surface area contributed by atoms with Crippen LogP contribution in [0.2, 0.25) is 0 Å². The number of carbonyl (C=O) groups is 2. The van der Waals surface area contributed by atoms with Crippen molar-refractivity contribution >= 4 is 29.0 Å². The molecule has 1 atom stereocenters. The number of ketones is 1. The van der Waals surface area contributed by atoms with Gasteiger partial charge >= 0.3 is 5.97 Å². The number of ether oxygens (including phenoxy) is 1. The number of hydrogen-bond acceptors (Lipinski definition) is 3. The first-order chi connectivity index (χ1) is 7.60. The van der Waals surface area contributed by atoms with Crippen molar-refractivity contribution < 1.29 is 14.3 Å². The maximum atomic E-state index is 11.4. The molecular formula is C11H8ClNO3. The molecule has 0 N–H and O–H groups in total. The van der Waals surface area contributed by atoms with Crippen LogP contribution in [0.15, 0.2) is 24.3 Å². The van der Waals surface area contributed by atoms with Gasteiger partial charge in [-0.3, -0.25) is 4.79 Å². The SMILES string of the molecule is [C-]#[N+]c1cccc(C(Cl)C(=O)C(=O)OC)c1. The Labute approximate surface area is 97.6 Å². The van der Waals surface area contributed by atoms with Crippen molar-refractivity contribution in [3.8, 4) is 0 Å². The fraction of sp³-hybridized carbons (Fsp3) is 0.182. The molecule has 0 heterocycles. The van der Waals surface area contributed by atoms with E-state index in [1.807, 2.05) is 0 Å². The Morgan fingerprint density at radius 3 is 2.75 bits per heavy atom. The molecule has 0 spiro atoms. The van der Waals surface area contributed by atoms with Crippen molar-refractivity contribution in [3.05, 3.63) is 41.2 Å². The molecule has 0 aromatic heterocycles. The molecular weight excluding hydrogens is 230 g/mol. The van der Waals surface area contributed by atoms with E-state index in [1.54, 1.807) is 18.2 Å². The van der Waals surface area contributed by atoms with Gasteiger partial charge in [-0.15, -0.1) is 11.6 Å². The second kappa shape index (κ2) is 5.29. The summed E-state index contributed by atoms with van der Waals surface area (Å²) in [7, 11) is 1.11. The first-order valence-corrected chi connectivity index (χ1v) is 4.77. The van der Waals surface area contributed by atoms with Crippen molar-refractivity contribution in [3.63, 3.8) is 0 Å². The molecule has 0 saturated heterocycles. The fourth-order valence-corrected chi connectivity index (χ4v) is 1.33. The van der Waals surface area contributed by atoms with E-state index in [9.17, 15) is 9.59 Å². The Kier molecular flexibility index (Phi) is 4.03. The number of esters is 1. The molecule has 0 aliphatic rings. The molecule has 0 fully saturated rings. The van der Waals surface area contributed by atoms with Crippen LogP contribution in [0.5, 0.6) is 0 Å². The lowest BCUT2D eigenvalue weighted by Gasteiger charge is -2.07. The summed E-state index contributed by atoms with van der Waals surface area (Å²) in [5.74, 6) is -1.83. The molecule has 0 bridgehead atoms. The minimum absolute atomic E-state index is 0.362. The van der Waals surface area contributed by atoms with Gasteiger partial charge in [-0.1, -0.05) is 24.3 Å². The molecule has 16 heavy (non-hydrogen) atoms. The quantitative estimate of drug-likeness (QED) is 0.351. The Morgan fingerprint density at radius 2 is 2.19 bits per heavy atom. The molecule has 0 amide bonds. The monoisotopic (exact) mass is 237 g/mol. The predicted molar refractivity (Wildman–Crippen MR) is 58.3 cm³/mol. The maximum Gasteiger partial charge on any atom is 0.376 e. The van der Waals surface area contributed by atoms with Gasteiger partial charge in [0.05, 0.1) is 13.7 Å². The highest BCUT2D eigenvalue weighted by atomic mass is 35.5. The van der Waals surface area contributed by atoms with Crippen molar-refractivity contribution in [1.29, 1.82) is 0 Å². The van der Waals surface area contributed by atoms with Crippen molar-refractivity contribution in [1.82, 2.24) is 0 Å². The maximum absolute atomic E-state index is 11.4. The van der Waals surface area contributed by atoms with E-state index in [-0.39, 0.29) is 0 Å². The van der Waals surface area contributed by atoms with Gasteiger partial charge in [0, 0.05) is 0 Å². The van der Waals surface area contributed by atoms with Gasteiger partial charge in [0.15, 0.2) is 5.69 Å². The number of Topliss-reactive ketones (excluding diaryl/α,β-unsaturated/α-hetero) is 1. The van der Waals surface area contributed by atoms with Crippen LogP contribution in [-0.2, 0) is 14.3 Å². The zero-order valence-corrected chi connectivity index (χ0v) is 9.19. The Balaban J connectivity index is 2.97. The van der Waals surface area contributed by atoms with Crippen LogP contribution < -0.4 is 0 Å². The number of halogens is 1. The fourth-order valence-electron chi connectivity index (χ4n) is 1.11. The lowest BCUT2D eigenvalue weighted by atomic mass is 10.1. The van der Waals surface area contributed by atoms with E-state index < -0.39 is 17.1 Å². The van der Waals surface area contributed by atoms with Crippen molar-refractivity contribution in [2.75, 3.05) is 7.11 Å². The molecule has 1 unspecified atom stereocenters. The van der Waals surface area contributed by atoms with Gasteiger partial charge < -0.3 is 4.74 Å². The van der Waals surface area contributed by atoms with Crippen molar-refractivity contribution in [2.24, 2.45) is 0 Å². The van der Waals surface area contributed by atoms with E-state index in [0.29, 0.717) is 11.3 Å². The van der Waals surface area contributed by atoms with Gasteiger partial charge in [-0.2, -0.15) is 0 Å². The minimum Gasteiger partial charge on any atom is -0.463 e. The molecule has 82 valence electrons. The van der Waals surface area contributed by atoms with E-state index in [4.69, 9.17) is 18.2 Å². The normalized spacial score (nSPS) is 11.3. The Bertz CT molecular complexity index is 465. The highest BCUT2D eigenvalue weighted by Crippen LogP contribution is 2.25. The lowest BCUT2D eigenvalue weighted by Crippen LogP contribution is -2.20. The second-order valence-corrected chi connectivity index (χ2v) is 3.36. The second-order valence-electron chi connectivity index (χ2n) is 2.93. The van der Waals surface area contributed by atoms with Crippen LogP contribution in [0.3, 0.4) is 0 Å². The zero-order valence-electron chi connectivity index (χ0n) is 8.44. The van der Waals surface area contributed by atoms with Gasteiger partial charge in [0.25, 0.3) is 5.78 Å². The molecule has 1 aromatic rings.